The van der Waals surface area contributed by atoms with Gasteiger partial charge in [-0.3, -0.25) is 14.6 Å². The second kappa shape index (κ2) is 8.53. The molecule has 9 nitrogen and oxygen atoms in total. The number of benzene rings is 2. The first-order valence-electron chi connectivity index (χ1n) is 11.2. The van der Waals surface area contributed by atoms with Crippen LogP contribution in [0.4, 0.5) is 5.82 Å². The molecule has 0 aliphatic heterocycles. The molecule has 5 aromatic rings. The second-order valence-corrected chi connectivity index (χ2v) is 8.36. The van der Waals surface area contributed by atoms with Crippen LogP contribution in [0.15, 0.2) is 88.2 Å². The van der Waals surface area contributed by atoms with E-state index in [-0.39, 0.29) is 17.2 Å². The normalized spacial score (nSPS) is 13.0. The third kappa shape index (κ3) is 4.26. The molecule has 2 N–H and O–H groups in total. The zero-order valence-electron chi connectivity index (χ0n) is 18.5. The van der Waals surface area contributed by atoms with Crippen molar-refractivity contribution in [1.82, 2.24) is 24.9 Å². The molecule has 1 aliphatic carbocycles. The summed E-state index contributed by atoms with van der Waals surface area (Å²) in [6.07, 6.45) is 2.06. The number of amides is 1. The number of carbonyl (C=O) groups excluding carboxylic acids is 1. The number of hydrogen-bond donors (Lipinski definition) is 2. The third-order valence-corrected chi connectivity index (χ3v) is 5.77. The fraction of sp³-hybridized carbons (Fsp3) is 0.115. The topological polar surface area (TPSA) is 119 Å². The summed E-state index contributed by atoms with van der Waals surface area (Å²) < 4.78 is 6.82. The number of anilines is 1. The minimum absolute atomic E-state index is 0.129. The second-order valence-electron chi connectivity index (χ2n) is 8.36. The van der Waals surface area contributed by atoms with Gasteiger partial charge in [-0.05, 0) is 12.8 Å². The summed E-state index contributed by atoms with van der Waals surface area (Å²) in [4.78, 5) is 32.8. The Morgan fingerprint density at radius 2 is 1.69 bits per heavy atom. The van der Waals surface area contributed by atoms with Crippen molar-refractivity contribution in [1.29, 1.82) is 0 Å². The number of nitrogens with one attached hydrogen (secondary N) is 2. The molecule has 0 unspecified atom stereocenters. The van der Waals surface area contributed by atoms with E-state index in [0.29, 0.717) is 23.2 Å². The van der Waals surface area contributed by atoms with Crippen LogP contribution in [0.3, 0.4) is 0 Å². The molecule has 172 valence electrons. The number of hydrogen-bond acceptors (Lipinski definition) is 6. The molecule has 3 heterocycles. The van der Waals surface area contributed by atoms with Gasteiger partial charge in [-0.2, -0.15) is 9.78 Å². The van der Waals surface area contributed by atoms with Gasteiger partial charge in [-0.15, -0.1) is 0 Å². The predicted molar refractivity (Wildman–Crippen MR) is 129 cm³/mol. The Morgan fingerprint density at radius 3 is 2.40 bits per heavy atom. The van der Waals surface area contributed by atoms with Gasteiger partial charge in [0, 0.05) is 35.2 Å². The summed E-state index contributed by atoms with van der Waals surface area (Å²) in [5.74, 6) is 0.955. The number of aromatic amines is 1. The molecular weight excluding hydrogens is 444 g/mol. The van der Waals surface area contributed by atoms with Crippen LogP contribution in [0.1, 0.15) is 34.9 Å². The lowest BCUT2D eigenvalue weighted by atomic mass is 10.1. The predicted octanol–water partition coefficient (Wildman–Crippen LogP) is 4.41. The van der Waals surface area contributed by atoms with Gasteiger partial charge in [-0.25, -0.2) is 4.98 Å². The van der Waals surface area contributed by atoms with Crippen LogP contribution in [-0.2, 0) is 0 Å². The van der Waals surface area contributed by atoms with Gasteiger partial charge in [0.2, 0.25) is 5.95 Å². The van der Waals surface area contributed by atoms with Crippen molar-refractivity contribution in [3.8, 4) is 28.5 Å². The highest BCUT2D eigenvalue weighted by Crippen LogP contribution is 2.40. The standard InChI is InChI=1S/C26H20N6O3/c33-24-15-19(16-7-3-1-4-8-16)27-26(29-24)32-23(14-20(30-32)17-11-12-17)28-25(34)21-13-22(35-31-21)18-9-5-2-6-10-18/h1-10,13-15,17H,11-12H2,(H,28,34)(H,27,29,33). The Balaban J connectivity index is 1.35. The van der Waals surface area contributed by atoms with Crippen molar-refractivity contribution in [2.24, 2.45) is 0 Å². The molecule has 0 spiro atoms. The molecule has 1 saturated carbocycles. The van der Waals surface area contributed by atoms with E-state index in [0.717, 1.165) is 29.7 Å². The van der Waals surface area contributed by atoms with Crippen molar-refractivity contribution >= 4 is 11.7 Å². The highest BCUT2D eigenvalue weighted by atomic mass is 16.5. The first kappa shape index (κ1) is 20.8. The number of rotatable bonds is 6. The molecule has 9 heteroatoms. The van der Waals surface area contributed by atoms with E-state index in [9.17, 15) is 9.59 Å². The minimum Gasteiger partial charge on any atom is -0.355 e. The highest BCUT2D eigenvalue weighted by Gasteiger charge is 2.29. The summed E-state index contributed by atoms with van der Waals surface area (Å²) in [7, 11) is 0. The zero-order valence-corrected chi connectivity index (χ0v) is 18.5. The van der Waals surface area contributed by atoms with Gasteiger partial charge in [0.05, 0.1) is 11.4 Å². The Morgan fingerprint density at radius 1 is 0.971 bits per heavy atom. The first-order valence-corrected chi connectivity index (χ1v) is 11.2. The van der Waals surface area contributed by atoms with Crippen molar-refractivity contribution in [2.45, 2.75) is 18.8 Å². The average molecular weight is 464 g/mol. The molecule has 0 bridgehead atoms. The van der Waals surface area contributed by atoms with Crippen LogP contribution in [-0.4, -0.2) is 30.8 Å². The molecule has 0 radical (unpaired) electrons. The maximum atomic E-state index is 13.0. The van der Waals surface area contributed by atoms with Crippen molar-refractivity contribution in [3.05, 3.63) is 101 Å². The number of H-pyrrole nitrogens is 1. The van der Waals surface area contributed by atoms with Crippen molar-refractivity contribution in [3.63, 3.8) is 0 Å². The Bertz CT molecular complexity index is 1570. The smallest absolute Gasteiger partial charge is 0.279 e. The van der Waals surface area contributed by atoms with E-state index in [4.69, 9.17) is 4.52 Å². The van der Waals surface area contributed by atoms with Crippen LogP contribution in [0.2, 0.25) is 0 Å². The van der Waals surface area contributed by atoms with Crippen LogP contribution < -0.4 is 10.9 Å². The number of aromatic nitrogens is 5. The van der Waals surface area contributed by atoms with Crippen LogP contribution in [0, 0.1) is 0 Å². The third-order valence-electron chi connectivity index (χ3n) is 5.77. The molecular formula is C26H20N6O3. The summed E-state index contributed by atoms with van der Waals surface area (Å²) in [6, 6.07) is 23.7. The van der Waals surface area contributed by atoms with Gasteiger partial charge >= 0.3 is 0 Å². The molecule has 1 amide bonds. The van der Waals surface area contributed by atoms with E-state index in [1.807, 2.05) is 66.7 Å². The SMILES string of the molecule is O=C(Nc1cc(C2CC2)nn1-c1nc(-c2ccccc2)cc(=O)[nH]1)c1cc(-c2ccccc2)on1. The highest BCUT2D eigenvalue weighted by molar-refractivity contribution is 6.03. The van der Waals surface area contributed by atoms with E-state index in [1.165, 1.54) is 10.7 Å². The molecule has 1 aliphatic rings. The Kier molecular flexibility index (Phi) is 5.07. The molecule has 3 aromatic heterocycles. The lowest BCUT2D eigenvalue weighted by Crippen LogP contribution is -2.19. The van der Waals surface area contributed by atoms with Crippen LogP contribution in [0.5, 0.6) is 0 Å². The lowest BCUT2D eigenvalue weighted by Gasteiger charge is -2.08. The van der Waals surface area contributed by atoms with E-state index >= 15 is 0 Å². The van der Waals surface area contributed by atoms with Gasteiger partial charge in [-0.1, -0.05) is 65.8 Å². The van der Waals surface area contributed by atoms with E-state index in [1.54, 1.807) is 6.07 Å². The zero-order chi connectivity index (χ0) is 23.8. The monoisotopic (exact) mass is 464 g/mol. The Hall–Kier alpha value is -4.79. The molecule has 0 atom stereocenters. The average Bonchev–Trinajstić information content (AvgIpc) is 3.46. The maximum absolute atomic E-state index is 13.0. The maximum Gasteiger partial charge on any atom is 0.279 e. The minimum atomic E-state index is -0.457. The molecule has 35 heavy (non-hydrogen) atoms. The molecule has 0 saturated heterocycles. The van der Waals surface area contributed by atoms with Gasteiger partial charge < -0.3 is 9.84 Å². The lowest BCUT2D eigenvalue weighted by molar-refractivity contribution is 0.101. The first-order chi connectivity index (χ1) is 17.1. The summed E-state index contributed by atoms with van der Waals surface area (Å²) in [5, 5.41) is 11.4. The largest absolute Gasteiger partial charge is 0.355 e. The van der Waals surface area contributed by atoms with Gasteiger partial charge in [0.25, 0.3) is 11.5 Å². The number of carbonyl (C=O) groups is 1. The molecule has 1 fully saturated rings. The van der Waals surface area contributed by atoms with Crippen LogP contribution in [0.25, 0.3) is 28.5 Å². The summed E-state index contributed by atoms with van der Waals surface area (Å²) in [6.45, 7) is 0. The molecule has 2 aromatic carbocycles. The van der Waals surface area contributed by atoms with Crippen LogP contribution >= 0.6 is 0 Å². The van der Waals surface area contributed by atoms with Crippen molar-refractivity contribution < 1.29 is 9.32 Å². The summed E-state index contributed by atoms with van der Waals surface area (Å²) in [5.41, 5.74) is 2.77. The fourth-order valence-electron chi connectivity index (χ4n) is 3.83. The quantitative estimate of drug-likeness (QED) is 0.384. The van der Waals surface area contributed by atoms with Crippen molar-refractivity contribution in [2.75, 3.05) is 5.32 Å². The van der Waals surface area contributed by atoms with Gasteiger partial charge in [0.15, 0.2) is 11.5 Å². The molecule has 6 rings (SSSR count). The fourth-order valence-corrected chi connectivity index (χ4v) is 3.83. The summed E-state index contributed by atoms with van der Waals surface area (Å²) >= 11 is 0. The van der Waals surface area contributed by atoms with Gasteiger partial charge in [0.1, 0.15) is 5.82 Å². The Labute approximate surface area is 199 Å². The van der Waals surface area contributed by atoms with E-state index in [2.05, 4.69) is 25.5 Å². The number of nitrogens with zero attached hydrogens (tertiary/aromatic N) is 4. The van der Waals surface area contributed by atoms with E-state index < -0.39 is 5.91 Å².